The van der Waals surface area contributed by atoms with Gasteiger partial charge in [0, 0.05) is 0 Å². The molecule has 81 valence electrons. The Labute approximate surface area is 95.0 Å². The van der Waals surface area contributed by atoms with Crippen LogP contribution in [-0.2, 0) is 0 Å². The minimum Gasteiger partial charge on any atom is -0.406 e. The Morgan fingerprint density at radius 1 is 1.20 bits per heavy atom. The predicted octanol–water partition coefficient (Wildman–Crippen LogP) is 2.73. The number of hydrogen-bond acceptors (Lipinski definition) is 1. The fraction of sp³-hybridized carbons (Fsp3) is 0.333. The average Bonchev–Trinajstić information content (AvgIpc) is 2.14. The summed E-state index contributed by atoms with van der Waals surface area (Å²) >= 11 is 3.26. The molecule has 0 aliphatic carbocycles. The van der Waals surface area contributed by atoms with Crippen LogP contribution in [0.1, 0.15) is 0 Å². The molecule has 0 unspecified atom stereocenters. The monoisotopic (exact) mass is 279 g/mol. The van der Waals surface area contributed by atoms with E-state index < -0.39 is 6.36 Å². The molecule has 0 spiro atoms. The molecule has 0 atom stereocenters. The Balaban J connectivity index is 2.56. The van der Waals surface area contributed by atoms with Gasteiger partial charge < -0.3 is 4.74 Å². The summed E-state index contributed by atoms with van der Waals surface area (Å²) in [5.41, 5.74) is 0.879. The third-order valence-electron chi connectivity index (χ3n) is 1.60. The van der Waals surface area contributed by atoms with E-state index in [1.807, 2.05) is 7.28 Å². The zero-order valence-electron chi connectivity index (χ0n) is 7.72. The van der Waals surface area contributed by atoms with Gasteiger partial charge in [-0.25, -0.2) is 0 Å². The average molecular weight is 280 g/mol. The summed E-state index contributed by atoms with van der Waals surface area (Å²) in [7, 11) is 1.92. The van der Waals surface area contributed by atoms with Gasteiger partial charge >= 0.3 is 6.36 Å². The molecule has 0 N–H and O–H groups in total. The first-order valence-corrected chi connectivity index (χ1v) is 5.38. The quantitative estimate of drug-likeness (QED) is 0.608. The summed E-state index contributed by atoms with van der Waals surface area (Å²) in [6.45, 7) is 0. The van der Waals surface area contributed by atoms with Gasteiger partial charge in [-0.2, -0.15) is 0 Å². The van der Waals surface area contributed by atoms with Crippen molar-refractivity contribution in [2.45, 2.75) is 12.7 Å². The Hall–Kier alpha value is -0.645. The Morgan fingerprint density at radius 2 is 1.80 bits per heavy atom. The van der Waals surface area contributed by atoms with Crippen molar-refractivity contribution < 1.29 is 17.9 Å². The first-order chi connectivity index (χ1) is 7.01. The first kappa shape index (κ1) is 12.4. The van der Waals surface area contributed by atoms with Crippen LogP contribution in [0.3, 0.4) is 0 Å². The lowest BCUT2D eigenvalue weighted by Crippen LogP contribution is -2.18. The standard InChI is InChI=1S/C9H8BBrF3O/c11-6-5-10-7-1-3-8(4-2-7)15-9(12,13)14/h1-4H,5-6H2. The first-order valence-electron chi connectivity index (χ1n) is 4.26. The molecule has 0 fully saturated rings. The van der Waals surface area contributed by atoms with E-state index in [0.717, 1.165) is 17.1 Å². The van der Waals surface area contributed by atoms with Gasteiger partial charge in [-0.15, -0.1) is 13.2 Å². The third-order valence-corrected chi connectivity index (χ3v) is 2.06. The van der Waals surface area contributed by atoms with Crippen LogP contribution in [0.5, 0.6) is 5.75 Å². The second-order valence-electron chi connectivity index (χ2n) is 2.80. The number of benzene rings is 1. The molecule has 1 aromatic carbocycles. The maximum Gasteiger partial charge on any atom is 0.573 e. The minimum atomic E-state index is -4.62. The van der Waals surface area contributed by atoms with Crippen molar-refractivity contribution in [2.75, 3.05) is 5.33 Å². The molecule has 1 rings (SSSR count). The van der Waals surface area contributed by atoms with Crippen LogP contribution in [0.25, 0.3) is 0 Å². The zero-order valence-corrected chi connectivity index (χ0v) is 9.31. The molecule has 0 bridgehead atoms. The molecule has 0 aliphatic rings. The topological polar surface area (TPSA) is 9.23 Å². The maximum atomic E-state index is 11.8. The van der Waals surface area contributed by atoms with E-state index in [4.69, 9.17) is 0 Å². The van der Waals surface area contributed by atoms with Crippen LogP contribution in [0.2, 0.25) is 6.32 Å². The number of halogens is 4. The number of ether oxygens (including phenoxy) is 1. The van der Waals surface area contributed by atoms with E-state index >= 15 is 0 Å². The van der Waals surface area contributed by atoms with Crippen molar-refractivity contribution in [2.24, 2.45) is 0 Å². The van der Waals surface area contributed by atoms with Gasteiger partial charge in [-0.3, -0.25) is 0 Å². The van der Waals surface area contributed by atoms with Gasteiger partial charge in [-0.1, -0.05) is 39.8 Å². The second-order valence-corrected chi connectivity index (χ2v) is 3.59. The highest BCUT2D eigenvalue weighted by atomic mass is 79.9. The summed E-state index contributed by atoms with van der Waals surface area (Å²) in [5.74, 6) is -0.196. The Kier molecular flexibility index (Phi) is 4.51. The SMILES string of the molecule is FC(F)(F)Oc1ccc([B]CCBr)cc1. The van der Waals surface area contributed by atoms with Gasteiger partial charge in [0.25, 0.3) is 0 Å². The maximum absolute atomic E-state index is 11.8. The van der Waals surface area contributed by atoms with Crippen LogP contribution in [-0.4, -0.2) is 19.0 Å². The summed E-state index contributed by atoms with van der Waals surface area (Å²) in [5, 5.41) is 0.827. The molecular weight excluding hydrogens is 272 g/mol. The molecule has 0 aromatic heterocycles. The van der Waals surface area contributed by atoms with Gasteiger partial charge in [0.1, 0.15) is 5.75 Å². The van der Waals surface area contributed by atoms with E-state index in [9.17, 15) is 13.2 Å². The summed E-state index contributed by atoms with van der Waals surface area (Å²) in [4.78, 5) is 0. The molecule has 1 aromatic rings. The lowest BCUT2D eigenvalue weighted by Gasteiger charge is -2.08. The van der Waals surface area contributed by atoms with E-state index in [0.29, 0.717) is 0 Å². The van der Waals surface area contributed by atoms with E-state index in [1.165, 1.54) is 12.1 Å². The van der Waals surface area contributed by atoms with Crippen LogP contribution in [0.15, 0.2) is 24.3 Å². The summed E-state index contributed by atoms with van der Waals surface area (Å²) in [6, 6.07) is 5.77. The van der Waals surface area contributed by atoms with Crippen molar-refractivity contribution in [1.82, 2.24) is 0 Å². The van der Waals surface area contributed by atoms with Crippen molar-refractivity contribution in [1.29, 1.82) is 0 Å². The Bertz CT molecular complexity index is 299. The molecule has 15 heavy (non-hydrogen) atoms. The van der Waals surface area contributed by atoms with Gasteiger partial charge in [0.05, 0.1) is 0 Å². The zero-order chi connectivity index (χ0) is 11.3. The number of rotatable bonds is 4. The van der Waals surface area contributed by atoms with Crippen molar-refractivity contribution in [3.05, 3.63) is 24.3 Å². The highest BCUT2D eigenvalue weighted by Gasteiger charge is 2.30. The van der Waals surface area contributed by atoms with Crippen molar-refractivity contribution >= 4 is 28.7 Å². The Morgan fingerprint density at radius 3 is 2.27 bits per heavy atom. The molecule has 1 nitrogen and oxygen atoms in total. The van der Waals surface area contributed by atoms with Crippen molar-refractivity contribution in [3.8, 4) is 5.75 Å². The molecule has 0 aliphatic heterocycles. The third kappa shape index (κ3) is 5.11. The largest absolute Gasteiger partial charge is 0.573 e. The van der Waals surface area contributed by atoms with E-state index in [2.05, 4.69) is 20.7 Å². The molecular formula is C9H8BBrF3O. The highest BCUT2D eigenvalue weighted by Crippen LogP contribution is 2.21. The number of alkyl halides is 4. The minimum absolute atomic E-state index is 0.196. The van der Waals surface area contributed by atoms with Gasteiger partial charge in [-0.05, 0) is 17.5 Å². The molecule has 6 heteroatoms. The smallest absolute Gasteiger partial charge is 0.406 e. The fourth-order valence-electron chi connectivity index (χ4n) is 1.03. The molecule has 0 heterocycles. The van der Waals surface area contributed by atoms with Crippen LogP contribution >= 0.6 is 15.9 Å². The van der Waals surface area contributed by atoms with E-state index in [1.54, 1.807) is 12.1 Å². The van der Waals surface area contributed by atoms with E-state index in [-0.39, 0.29) is 5.75 Å². The predicted molar refractivity (Wildman–Crippen MR) is 57.1 cm³/mol. The fourth-order valence-corrected chi connectivity index (χ4v) is 1.26. The summed E-state index contributed by atoms with van der Waals surface area (Å²) in [6.07, 6.45) is -3.79. The molecule has 0 amide bonds. The normalized spacial score (nSPS) is 11.2. The molecule has 0 saturated carbocycles. The molecule has 0 saturated heterocycles. The lowest BCUT2D eigenvalue weighted by molar-refractivity contribution is -0.274. The van der Waals surface area contributed by atoms with Gasteiger partial charge in [0.15, 0.2) is 7.28 Å². The number of hydrogen-bond donors (Lipinski definition) is 0. The lowest BCUT2D eigenvalue weighted by atomic mass is 9.68. The molecule has 1 radical (unpaired) electrons. The van der Waals surface area contributed by atoms with Crippen LogP contribution in [0, 0.1) is 0 Å². The second kappa shape index (κ2) is 5.44. The van der Waals surface area contributed by atoms with Crippen LogP contribution in [0.4, 0.5) is 13.2 Å². The van der Waals surface area contributed by atoms with Crippen molar-refractivity contribution in [3.63, 3.8) is 0 Å². The summed E-state index contributed by atoms with van der Waals surface area (Å²) < 4.78 is 39.2. The van der Waals surface area contributed by atoms with Gasteiger partial charge in [0.2, 0.25) is 0 Å². The highest BCUT2D eigenvalue weighted by molar-refractivity contribution is 9.09. The van der Waals surface area contributed by atoms with Crippen LogP contribution < -0.4 is 10.2 Å².